The number of ketones is 1. The number of carbonyl (C=O) groups excluding carboxylic acids is 2. The lowest BCUT2D eigenvalue weighted by Crippen LogP contribution is -2.21. The Morgan fingerprint density at radius 1 is 1.60 bits per heavy atom. The summed E-state index contributed by atoms with van der Waals surface area (Å²) in [5, 5.41) is 0. The van der Waals surface area contributed by atoms with Crippen molar-refractivity contribution < 1.29 is 17.2 Å². The Morgan fingerprint density at radius 2 is 2.10 bits per heavy atom. The van der Waals surface area contributed by atoms with Gasteiger partial charge in [-0.25, -0.2) is 0 Å². The van der Waals surface area contributed by atoms with Crippen molar-refractivity contribution in [2.45, 2.75) is 20.3 Å². The summed E-state index contributed by atoms with van der Waals surface area (Å²) in [4.78, 5) is 21.5. The lowest BCUT2D eigenvalue weighted by atomic mass is 10.1. The van der Waals surface area contributed by atoms with Gasteiger partial charge in [0.2, 0.25) is 0 Å². The van der Waals surface area contributed by atoms with Gasteiger partial charge in [0.05, 0.1) is 7.11 Å². The third-order valence-electron chi connectivity index (χ3n) is 1.39. The Bertz CT molecular complexity index is 132. The molecule has 0 aromatic heterocycles. The van der Waals surface area contributed by atoms with Crippen LogP contribution < -0.4 is 0 Å². The second kappa shape index (κ2) is 4.04. The lowest BCUT2D eigenvalue weighted by Gasteiger charge is -2.04. The van der Waals surface area contributed by atoms with Gasteiger partial charge in [-0.1, -0.05) is 6.92 Å². The molecule has 10 heavy (non-hydrogen) atoms. The van der Waals surface area contributed by atoms with Gasteiger partial charge in [0.25, 0.3) is 0 Å². The first-order valence-electron chi connectivity index (χ1n) is 3.24. The molecule has 3 heteroatoms. The van der Waals surface area contributed by atoms with E-state index in [2.05, 4.69) is 4.74 Å². The highest BCUT2D eigenvalue weighted by atomic mass is 16.5. The molecule has 0 aromatic carbocycles. The van der Waals surface area contributed by atoms with Gasteiger partial charge in [0.15, 0.2) is 0 Å². The van der Waals surface area contributed by atoms with Crippen LogP contribution in [-0.2, 0) is 14.3 Å². The molecule has 0 N–H and O–H groups in total. The van der Waals surface area contributed by atoms with E-state index in [9.17, 15) is 9.59 Å². The molecule has 0 spiro atoms. The molecule has 1 atom stereocenters. The zero-order chi connectivity index (χ0) is 8.15. The summed E-state index contributed by atoms with van der Waals surface area (Å²) in [5.41, 5.74) is 0. The van der Waals surface area contributed by atoms with E-state index in [1.54, 1.807) is 13.8 Å². The van der Waals surface area contributed by atoms with Crippen LogP contribution in [0.4, 0.5) is 0 Å². The summed E-state index contributed by atoms with van der Waals surface area (Å²) >= 11 is 0. The minimum atomic E-state index is -0.602. The molecular formula is C7H14O3+2. The van der Waals surface area contributed by atoms with E-state index in [-0.39, 0.29) is 8.64 Å². The van der Waals surface area contributed by atoms with Gasteiger partial charge in [-0.05, 0) is 6.92 Å². The van der Waals surface area contributed by atoms with E-state index in [0.717, 1.165) is 0 Å². The van der Waals surface area contributed by atoms with Gasteiger partial charge < -0.3 is 4.74 Å². The molecule has 3 nitrogen and oxygen atoms in total. The maximum absolute atomic E-state index is 10.8. The molecule has 0 amide bonds. The maximum atomic E-state index is 10.8. The molecule has 0 aliphatic carbocycles. The van der Waals surface area contributed by atoms with Crippen LogP contribution >= 0.6 is 0 Å². The first-order chi connectivity index (χ1) is 4.63. The predicted octanol–water partition coefficient (Wildman–Crippen LogP) is 1.000. The fourth-order valence-electron chi connectivity index (χ4n) is 0.614. The van der Waals surface area contributed by atoms with Crippen LogP contribution in [0.1, 0.15) is 23.1 Å². The van der Waals surface area contributed by atoms with Crippen LogP contribution in [0.25, 0.3) is 0 Å². The van der Waals surface area contributed by atoms with E-state index < -0.39 is 11.9 Å². The largest absolute Gasteiger partial charge is 1.00 e. The van der Waals surface area contributed by atoms with Crippen LogP contribution in [0.2, 0.25) is 0 Å². The molecule has 0 rings (SSSR count). The molecule has 0 radical (unpaired) electrons. The SMILES string of the molecule is CCC(=O)C(C)C(=O)OC.[H+].[H+]. The van der Waals surface area contributed by atoms with Crippen molar-refractivity contribution in [1.29, 1.82) is 0 Å². The summed E-state index contributed by atoms with van der Waals surface area (Å²) < 4.78 is 4.38. The molecule has 0 bridgehead atoms. The molecule has 0 saturated heterocycles. The Hall–Kier alpha value is -0.860. The number of ether oxygens (including phenoxy) is 1. The van der Waals surface area contributed by atoms with Gasteiger partial charge in [0.1, 0.15) is 11.7 Å². The van der Waals surface area contributed by atoms with Gasteiger partial charge in [-0.3, -0.25) is 9.59 Å². The summed E-state index contributed by atoms with van der Waals surface area (Å²) in [6.45, 7) is 3.28. The van der Waals surface area contributed by atoms with Crippen molar-refractivity contribution in [1.82, 2.24) is 0 Å². The van der Waals surface area contributed by atoms with Gasteiger partial charge >= 0.3 is 8.82 Å². The normalized spacial score (nSPS) is 12.3. The monoisotopic (exact) mass is 146 g/mol. The Labute approximate surface area is 63.3 Å². The summed E-state index contributed by atoms with van der Waals surface area (Å²) in [5.74, 6) is -1.13. The number of hydrogen-bond acceptors (Lipinski definition) is 3. The van der Waals surface area contributed by atoms with E-state index in [4.69, 9.17) is 0 Å². The number of rotatable bonds is 3. The first-order valence-corrected chi connectivity index (χ1v) is 3.24. The fourth-order valence-corrected chi connectivity index (χ4v) is 0.614. The average Bonchev–Trinajstić information content (AvgIpc) is 2.00. The third-order valence-corrected chi connectivity index (χ3v) is 1.39. The van der Waals surface area contributed by atoms with E-state index in [0.29, 0.717) is 6.42 Å². The summed E-state index contributed by atoms with van der Waals surface area (Å²) in [6.07, 6.45) is 0.385. The third kappa shape index (κ3) is 2.17. The highest BCUT2D eigenvalue weighted by Crippen LogP contribution is 2.01. The van der Waals surface area contributed by atoms with Crippen molar-refractivity contribution in [2.75, 3.05) is 7.11 Å². The van der Waals surface area contributed by atoms with Gasteiger partial charge in [-0.2, -0.15) is 0 Å². The molecular weight excluding hydrogens is 132 g/mol. The van der Waals surface area contributed by atoms with Crippen LogP contribution in [-0.4, -0.2) is 18.9 Å². The Kier molecular flexibility index (Phi) is 3.69. The second-order valence-electron chi connectivity index (χ2n) is 2.06. The zero-order valence-corrected chi connectivity index (χ0v) is 6.51. The Balaban J connectivity index is -0.000000405. The van der Waals surface area contributed by atoms with E-state index in [1.165, 1.54) is 7.11 Å². The minimum Gasteiger partial charge on any atom is -0.468 e. The molecule has 0 fully saturated rings. The maximum Gasteiger partial charge on any atom is 1.00 e. The minimum absolute atomic E-state index is 0. The number of carbonyl (C=O) groups is 2. The lowest BCUT2D eigenvalue weighted by molar-refractivity contribution is -0.148. The number of esters is 1. The van der Waals surface area contributed by atoms with Crippen LogP contribution in [0, 0.1) is 5.92 Å². The quantitative estimate of drug-likeness (QED) is 0.440. The van der Waals surface area contributed by atoms with E-state index >= 15 is 0 Å². The standard InChI is InChI=1S/C7H12O3/c1-4-6(8)5(2)7(9)10-3/h5H,4H2,1-3H3/p+2. The van der Waals surface area contributed by atoms with Crippen molar-refractivity contribution in [3.8, 4) is 0 Å². The number of methoxy groups -OCH3 is 1. The smallest absolute Gasteiger partial charge is 0.468 e. The highest BCUT2D eigenvalue weighted by Gasteiger charge is 2.19. The molecule has 58 valence electrons. The molecule has 0 saturated carbocycles. The van der Waals surface area contributed by atoms with Gasteiger partial charge in [0, 0.05) is 6.42 Å². The Morgan fingerprint density at radius 3 is 2.40 bits per heavy atom. The van der Waals surface area contributed by atoms with Crippen LogP contribution in [0.15, 0.2) is 0 Å². The molecule has 1 unspecified atom stereocenters. The highest BCUT2D eigenvalue weighted by molar-refractivity contribution is 5.98. The fraction of sp³-hybridized carbons (Fsp3) is 0.714. The van der Waals surface area contributed by atoms with Crippen molar-refractivity contribution in [3.63, 3.8) is 0 Å². The summed E-state index contributed by atoms with van der Waals surface area (Å²) in [7, 11) is 1.28. The molecule has 0 aliphatic heterocycles. The molecule has 0 aromatic rings. The number of Topliss-reactive ketones (excluding diaryl/α,β-unsaturated/α-hetero) is 1. The zero-order valence-electron chi connectivity index (χ0n) is 8.51. The molecule has 0 heterocycles. The van der Waals surface area contributed by atoms with Gasteiger partial charge in [-0.15, -0.1) is 0 Å². The second-order valence-corrected chi connectivity index (χ2v) is 2.06. The topological polar surface area (TPSA) is 43.4 Å². The van der Waals surface area contributed by atoms with E-state index in [1.807, 2.05) is 0 Å². The van der Waals surface area contributed by atoms with Crippen LogP contribution in [0.3, 0.4) is 0 Å². The average molecular weight is 146 g/mol. The van der Waals surface area contributed by atoms with Crippen molar-refractivity contribution in [2.24, 2.45) is 5.92 Å². The molecule has 0 aliphatic rings. The number of hydrogen-bond donors (Lipinski definition) is 0. The predicted molar refractivity (Wildman–Crippen MR) is 38.7 cm³/mol. The summed E-state index contributed by atoms with van der Waals surface area (Å²) in [6, 6.07) is 0. The van der Waals surface area contributed by atoms with Crippen molar-refractivity contribution in [3.05, 3.63) is 0 Å². The van der Waals surface area contributed by atoms with Crippen molar-refractivity contribution >= 4 is 11.8 Å². The van der Waals surface area contributed by atoms with Crippen LogP contribution in [0.5, 0.6) is 0 Å². The first kappa shape index (κ1) is 9.14.